The summed E-state index contributed by atoms with van der Waals surface area (Å²) in [6.45, 7) is 3.37. The molecule has 0 atom stereocenters. The molecule has 144 valence electrons. The summed E-state index contributed by atoms with van der Waals surface area (Å²) in [5.41, 5.74) is 0.507. The molecule has 2 aromatic carbocycles. The normalized spacial score (nSPS) is 10.6. The Labute approximate surface area is 165 Å². The maximum Gasteiger partial charge on any atom is 0.343 e. The lowest BCUT2D eigenvalue weighted by molar-refractivity contribution is 0.0526. The quantitative estimate of drug-likeness (QED) is 0.585. The monoisotopic (exact) mass is 403 g/mol. The highest BCUT2D eigenvalue weighted by Crippen LogP contribution is 2.29. The van der Waals surface area contributed by atoms with Crippen molar-refractivity contribution < 1.29 is 18.3 Å². The number of nitrogens with one attached hydrogen (secondary N) is 1. The number of hydrogen-bond donors (Lipinski definition) is 1. The number of nitrogens with zero attached hydrogens (tertiary/aromatic N) is 2. The van der Waals surface area contributed by atoms with E-state index < -0.39 is 17.6 Å². The van der Waals surface area contributed by atoms with Gasteiger partial charge in [-0.05, 0) is 50.2 Å². The summed E-state index contributed by atoms with van der Waals surface area (Å²) in [6, 6.07) is 10.1. The zero-order chi connectivity index (χ0) is 20.3. The van der Waals surface area contributed by atoms with E-state index in [0.717, 1.165) is 12.1 Å². The third-order valence-electron chi connectivity index (χ3n) is 3.86. The zero-order valence-electron chi connectivity index (χ0n) is 15.1. The van der Waals surface area contributed by atoms with Crippen LogP contribution in [0.15, 0.2) is 42.5 Å². The van der Waals surface area contributed by atoms with E-state index in [4.69, 9.17) is 16.3 Å². The van der Waals surface area contributed by atoms with Gasteiger partial charge in [0.15, 0.2) is 5.82 Å². The van der Waals surface area contributed by atoms with Crippen LogP contribution in [0.4, 0.5) is 20.3 Å². The first kappa shape index (κ1) is 19.7. The number of esters is 1. The van der Waals surface area contributed by atoms with Gasteiger partial charge in [-0.25, -0.2) is 23.5 Å². The lowest BCUT2D eigenvalue weighted by Crippen LogP contribution is -2.14. The van der Waals surface area contributed by atoms with Gasteiger partial charge < -0.3 is 10.1 Å². The van der Waals surface area contributed by atoms with Crippen LogP contribution in [0.2, 0.25) is 5.02 Å². The molecule has 0 fully saturated rings. The highest BCUT2D eigenvalue weighted by Gasteiger charge is 2.23. The average Bonchev–Trinajstić information content (AvgIpc) is 2.63. The first-order valence-corrected chi connectivity index (χ1v) is 8.81. The molecule has 0 aliphatic rings. The van der Waals surface area contributed by atoms with Crippen molar-refractivity contribution in [2.45, 2.75) is 13.8 Å². The van der Waals surface area contributed by atoms with Crippen molar-refractivity contribution in [3.8, 4) is 11.4 Å². The third kappa shape index (κ3) is 4.09. The number of anilines is 2. The molecule has 0 aliphatic carbocycles. The van der Waals surface area contributed by atoms with Crippen molar-refractivity contribution >= 4 is 29.1 Å². The largest absolute Gasteiger partial charge is 0.462 e. The minimum Gasteiger partial charge on any atom is -0.462 e. The Kier molecular flexibility index (Phi) is 5.84. The highest BCUT2D eigenvalue weighted by atomic mass is 35.5. The summed E-state index contributed by atoms with van der Waals surface area (Å²) in [6.07, 6.45) is 0. The second-order valence-electron chi connectivity index (χ2n) is 5.81. The minimum absolute atomic E-state index is 0.0749. The number of hydrogen-bond acceptors (Lipinski definition) is 5. The van der Waals surface area contributed by atoms with Crippen LogP contribution in [-0.4, -0.2) is 22.5 Å². The molecule has 3 aromatic rings. The Hall–Kier alpha value is -3.06. The van der Waals surface area contributed by atoms with Gasteiger partial charge in [0.1, 0.15) is 23.0 Å². The topological polar surface area (TPSA) is 64.1 Å². The number of benzene rings is 2. The second-order valence-corrected chi connectivity index (χ2v) is 6.24. The van der Waals surface area contributed by atoms with Gasteiger partial charge in [-0.2, -0.15) is 0 Å². The van der Waals surface area contributed by atoms with Crippen LogP contribution in [0.1, 0.15) is 23.0 Å². The molecule has 0 aliphatic heterocycles. The number of rotatable bonds is 5. The standard InChI is InChI=1S/C20H16ClF2N3O2/c1-3-28-20(27)16-11(2)24-19(17-14(22)5-4-6-15(17)23)26-18(16)25-13-9-7-12(21)8-10-13/h4-10H,3H2,1-2H3,(H,24,25,26). The molecule has 1 N–H and O–H groups in total. The summed E-state index contributed by atoms with van der Waals surface area (Å²) >= 11 is 5.89. The predicted molar refractivity (Wildman–Crippen MR) is 103 cm³/mol. The number of carbonyl (C=O) groups excluding carboxylic acids is 1. The molecule has 0 unspecified atom stereocenters. The minimum atomic E-state index is -0.805. The highest BCUT2D eigenvalue weighted by molar-refractivity contribution is 6.30. The van der Waals surface area contributed by atoms with Crippen LogP contribution in [0.25, 0.3) is 11.4 Å². The molecule has 0 saturated carbocycles. The van der Waals surface area contributed by atoms with Gasteiger partial charge in [-0.1, -0.05) is 17.7 Å². The molecular formula is C20H16ClF2N3O2. The second kappa shape index (κ2) is 8.31. The molecule has 0 saturated heterocycles. The van der Waals surface area contributed by atoms with E-state index in [9.17, 15) is 13.6 Å². The summed E-state index contributed by atoms with van der Waals surface area (Å²) in [4.78, 5) is 20.7. The zero-order valence-corrected chi connectivity index (χ0v) is 15.8. The first-order chi connectivity index (χ1) is 13.4. The van der Waals surface area contributed by atoms with Crippen molar-refractivity contribution in [2.24, 2.45) is 0 Å². The van der Waals surface area contributed by atoms with Gasteiger partial charge in [0.2, 0.25) is 0 Å². The Balaban J connectivity index is 2.16. The summed E-state index contributed by atoms with van der Waals surface area (Å²) < 4.78 is 33.5. The smallest absolute Gasteiger partial charge is 0.343 e. The third-order valence-corrected chi connectivity index (χ3v) is 4.11. The summed E-state index contributed by atoms with van der Waals surface area (Å²) in [5.74, 6) is -2.36. The molecule has 8 heteroatoms. The Morgan fingerprint density at radius 3 is 2.36 bits per heavy atom. The first-order valence-electron chi connectivity index (χ1n) is 8.43. The number of aryl methyl sites for hydroxylation is 1. The number of aromatic nitrogens is 2. The molecule has 0 bridgehead atoms. The molecule has 28 heavy (non-hydrogen) atoms. The molecule has 5 nitrogen and oxygen atoms in total. The van der Waals surface area contributed by atoms with E-state index in [1.54, 1.807) is 38.1 Å². The molecular weight excluding hydrogens is 388 g/mol. The number of ether oxygens (including phenoxy) is 1. The number of halogens is 3. The Bertz CT molecular complexity index is 1010. The van der Waals surface area contributed by atoms with E-state index in [-0.39, 0.29) is 35.1 Å². The Morgan fingerprint density at radius 1 is 1.11 bits per heavy atom. The van der Waals surface area contributed by atoms with E-state index in [1.165, 1.54) is 6.07 Å². The maximum atomic E-state index is 14.2. The molecule has 1 heterocycles. The number of carbonyl (C=O) groups is 1. The fourth-order valence-corrected chi connectivity index (χ4v) is 2.73. The van der Waals surface area contributed by atoms with Gasteiger partial charge in [-0.15, -0.1) is 0 Å². The predicted octanol–water partition coefficient (Wildman–Crippen LogP) is 5.30. The summed E-state index contributed by atoms with van der Waals surface area (Å²) in [5, 5.41) is 3.51. The molecule has 0 spiro atoms. The SMILES string of the molecule is CCOC(=O)c1c(C)nc(-c2c(F)cccc2F)nc1Nc1ccc(Cl)cc1. The van der Waals surface area contributed by atoms with E-state index in [0.29, 0.717) is 10.7 Å². The van der Waals surface area contributed by atoms with Crippen LogP contribution in [0.3, 0.4) is 0 Å². The van der Waals surface area contributed by atoms with Gasteiger partial charge in [-0.3, -0.25) is 0 Å². The van der Waals surface area contributed by atoms with Crippen LogP contribution in [0.5, 0.6) is 0 Å². The van der Waals surface area contributed by atoms with Crippen molar-refractivity contribution in [3.05, 3.63) is 70.4 Å². The average molecular weight is 404 g/mol. The molecule has 3 rings (SSSR count). The lowest BCUT2D eigenvalue weighted by atomic mass is 10.1. The summed E-state index contributed by atoms with van der Waals surface area (Å²) in [7, 11) is 0. The van der Waals surface area contributed by atoms with E-state index >= 15 is 0 Å². The molecule has 0 amide bonds. The van der Waals surface area contributed by atoms with Crippen molar-refractivity contribution in [2.75, 3.05) is 11.9 Å². The van der Waals surface area contributed by atoms with Crippen LogP contribution in [0, 0.1) is 18.6 Å². The van der Waals surface area contributed by atoms with Gasteiger partial charge in [0.25, 0.3) is 0 Å². The van der Waals surface area contributed by atoms with Crippen molar-refractivity contribution in [3.63, 3.8) is 0 Å². The fraction of sp³-hybridized carbons (Fsp3) is 0.150. The van der Waals surface area contributed by atoms with Gasteiger partial charge in [0, 0.05) is 10.7 Å². The van der Waals surface area contributed by atoms with Crippen molar-refractivity contribution in [1.82, 2.24) is 9.97 Å². The lowest BCUT2D eigenvalue weighted by Gasteiger charge is -2.15. The van der Waals surface area contributed by atoms with Crippen LogP contribution < -0.4 is 5.32 Å². The fourth-order valence-electron chi connectivity index (χ4n) is 2.60. The van der Waals surface area contributed by atoms with Crippen LogP contribution in [-0.2, 0) is 4.74 Å². The van der Waals surface area contributed by atoms with E-state index in [2.05, 4.69) is 15.3 Å². The van der Waals surface area contributed by atoms with Gasteiger partial charge >= 0.3 is 5.97 Å². The van der Waals surface area contributed by atoms with E-state index in [1.807, 2.05) is 0 Å². The van der Waals surface area contributed by atoms with Crippen molar-refractivity contribution in [1.29, 1.82) is 0 Å². The van der Waals surface area contributed by atoms with Crippen LogP contribution >= 0.6 is 11.6 Å². The molecule has 0 radical (unpaired) electrons. The Morgan fingerprint density at radius 2 is 1.75 bits per heavy atom. The maximum absolute atomic E-state index is 14.2. The van der Waals surface area contributed by atoms with Gasteiger partial charge in [0.05, 0.1) is 17.9 Å². The molecule has 1 aromatic heterocycles.